The summed E-state index contributed by atoms with van der Waals surface area (Å²) in [5, 5.41) is 4.94. The second-order valence-corrected chi connectivity index (χ2v) is 8.02. The number of aromatic nitrogens is 3. The number of nitrogens with zero attached hydrogens (tertiary/aromatic N) is 4. The number of anilines is 1. The topological polar surface area (TPSA) is 42.7 Å². The number of piperidine rings is 1. The van der Waals surface area contributed by atoms with Crippen molar-refractivity contribution in [2.75, 3.05) is 25.1 Å². The minimum atomic E-state index is 0.688. The highest BCUT2D eigenvalue weighted by molar-refractivity contribution is 5.67. The molecule has 2 atom stereocenters. The number of aryl methyl sites for hydroxylation is 1. The van der Waals surface area contributed by atoms with E-state index in [1.165, 1.54) is 17.8 Å². The van der Waals surface area contributed by atoms with Crippen molar-refractivity contribution >= 4 is 11.5 Å². The van der Waals surface area contributed by atoms with Gasteiger partial charge in [0.15, 0.2) is 5.65 Å². The summed E-state index contributed by atoms with van der Waals surface area (Å²) < 4.78 is 7.30. The zero-order chi connectivity index (χ0) is 19.1. The predicted molar refractivity (Wildman–Crippen MR) is 110 cm³/mol. The summed E-state index contributed by atoms with van der Waals surface area (Å²) in [6.07, 6.45) is 1.29. The Morgan fingerprint density at radius 1 is 1.04 bits per heavy atom. The van der Waals surface area contributed by atoms with E-state index < -0.39 is 0 Å². The fraction of sp³-hybridized carbons (Fsp3) is 0.455. The molecule has 0 spiro atoms. The van der Waals surface area contributed by atoms with E-state index in [1.54, 1.807) is 7.11 Å². The number of fused-ring (bicyclic) bond motifs is 1. The third kappa shape index (κ3) is 3.27. The molecule has 27 heavy (non-hydrogen) atoms. The van der Waals surface area contributed by atoms with Gasteiger partial charge in [-0.1, -0.05) is 13.8 Å². The van der Waals surface area contributed by atoms with Gasteiger partial charge in [0.1, 0.15) is 11.6 Å². The molecule has 4 rings (SSSR count). The van der Waals surface area contributed by atoms with Gasteiger partial charge in [-0.05, 0) is 56.4 Å². The van der Waals surface area contributed by atoms with Crippen molar-refractivity contribution in [2.45, 2.75) is 34.1 Å². The van der Waals surface area contributed by atoms with Crippen LogP contribution in [0, 0.1) is 25.7 Å². The Morgan fingerprint density at radius 2 is 1.70 bits per heavy atom. The Morgan fingerprint density at radius 3 is 2.33 bits per heavy atom. The van der Waals surface area contributed by atoms with Gasteiger partial charge in [-0.25, -0.2) is 4.98 Å². The molecule has 0 radical (unpaired) electrons. The van der Waals surface area contributed by atoms with Crippen LogP contribution in [0.15, 0.2) is 30.3 Å². The molecule has 1 aliphatic rings. The Balaban J connectivity index is 1.83. The Kier molecular flexibility index (Phi) is 4.54. The van der Waals surface area contributed by atoms with Gasteiger partial charge in [0.05, 0.1) is 12.8 Å². The smallest absolute Gasteiger partial charge is 0.158 e. The minimum absolute atomic E-state index is 0.688. The van der Waals surface area contributed by atoms with E-state index in [0.29, 0.717) is 11.8 Å². The number of rotatable bonds is 3. The SMILES string of the molecule is COc1ccc(-c2cc3nc(C)c(C)c(N4CC(C)CC(C)C4)n3n2)cc1. The van der Waals surface area contributed by atoms with Crippen LogP contribution in [-0.4, -0.2) is 34.8 Å². The van der Waals surface area contributed by atoms with Gasteiger partial charge in [0.25, 0.3) is 0 Å². The van der Waals surface area contributed by atoms with Gasteiger partial charge < -0.3 is 9.64 Å². The molecule has 5 nitrogen and oxygen atoms in total. The van der Waals surface area contributed by atoms with Crippen LogP contribution < -0.4 is 9.64 Å². The lowest BCUT2D eigenvalue weighted by Gasteiger charge is -2.37. The summed E-state index contributed by atoms with van der Waals surface area (Å²) in [5.74, 6) is 3.42. The Hall–Kier alpha value is -2.56. The van der Waals surface area contributed by atoms with Crippen molar-refractivity contribution in [2.24, 2.45) is 11.8 Å². The quantitative estimate of drug-likeness (QED) is 0.686. The average Bonchev–Trinajstić information content (AvgIpc) is 3.05. The monoisotopic (exact) mass is 364 g/mol. The molecule has 0 amide bonds. The van der Waals surface area contributed by atoms with Gasteiger partial charge >= 0.3 is 0 Å². The molecule has 2 aromatic heterocycles. The van der Waals surface area contributed by atoms with Crippen LogP contribution in [0.2, 0.25) is 0 Å². The summed E-state index contributed by atoms with van der Waals surface area (Å²) in [5.41, 5.74) is 5.21. The molecular weight excluding hydrogens is 336 g/mol. The molecule has 142 valence electrons. The molecule has 1 aliphatic heterocycles. The van der Waals surface area contributed by atoms with Crippen molar-refractivity contribution < 1.29 is 4.74 Å². The Labute approximate surface area is 161 Å². The second-order valence-electron chi connectivity index (χ2n) is 8.02. The highest BCUT2D eigenvalue weighted by Crippen LogP contribution is 2.31. The lowest BCUT2D eigenvalue weighted by atomic mass is 9.91. The van der Waals surface area contributed by atoms with Crippen LogP contribution >= 0.6 is 0 Å². The molecule has 1 fully saturated rings. The third-order valence-electron chi connectivity index (χ3n) is 5.61. The second kappa shape index (κ2) is 6.87. The van der Waals surface area contributed by atoms with E-state index in [2.05, 4.69) is 38.7 Å². The van der Waals surface area contributed by atoms with Gasteiger partial charge in [0.2, 0.25) is 0 Å². The minimum Gasteiger partial charge on any atom is -0.497 e. The first-order valence-corrected chi connectivity index (χ1v) is 9.72. The van der Waals surface area contributed by atoms with E-state index in [-0.39, 0.29) is 0 Å². The van der Waals surface area contributed by atoms with Crippen molar-refractivity contribution in [3.05, 3.63) is 41.6 Å². The van der Waals surface area contributed by atoms with Crippen molar-refractivity contribution in [1.29, 1.82) is 0 Å². The third-order valence-corrected chi connectivity index (χ3v) is 5.61. The lowest BCUT2D eigenvalue weighted by Crippen LogP contribution is -2.40. The van der Waals surface area contributed by atoms with Crippen LogP contribution in [0.5, 0.6) is 5.75 Å². The van der Waals surface area contributed by atoms with Crippen LogP contribution in [-0.2, 0) is 0 Å². The molecule has 3 aromatic rings. The van der Waals surface area contributed by atoms with Crippen molar-refractivity contribution in [1.82, 2.24) is 14.6 Å². The fourth-order valence-electron chi connectivity index (χ4n) is 4.29. The van der Waals surface area contributed by atoms with Gasteiger partial charge in [0, 0.05) is 36.0 Å². The summed E-state index contributed by atoms with van der Waals surface area (Å²) in [4.78, 5) is 7.30. The summed E-state index contributed by atoms with van der Waals surface area (Å²) >= 11 is 0. The number of methoxy groups -OCH3 is 1. The molecule has 5 heteroatoms. The Bertz CT molecular complexity index is 951. The standard InChI is InChI=1S/C22H28N4O/c1-14-10-15(2)13-25(12-14)22-16(3)17(4)23-21-11-20(24-26(21)22)18-6-8-19(27-5)9-7-18/h6-9,11,14-15H,10,12-13H2,1-5H3. The highest BCUT2D eigenvalue weighted by Gasteiger charge is 2.26. The zero-order valence-corrected chi connectivity index (χ0v) is 16.9. The molecule has 2 unspecified atom stereocenters. The molecule has 0 bridgehead atoms. The molecule has 0 aliphatic carbocycles. The number of ether oxygens (including phenoxy) is 1. The molecule has 1 aromatic carbocycles. The lowest BCUT2D eigenvalue weighted by molar-refractivity contribution is 0.354. The molecular formula is C22H28N4O. The first-order chi connectivity index (χ1) is 13.0. The van der Waals surface area contributed by atoms with Gasteiger partial charge in [-0.2, -0.15) is 9.61 Å². The van der Waals surface area contributed by atoms with Gasteiger partial charge in [-0.15, -0.1) is 0 Å². The summed E-state index contributed by atoms with van der Waals surface area (Å²) in [6, 6.07) is 10.1. The van der Waals surface area contributed by atoms with Crippen molar-refractivity contribution in [3.63, 3.8) is 0 Å². The molecule has 1 saturated heterocycles. The largest absolute Gasteiger partial charge is 0.497 e. The zero-order valence-electron chi connectivity index (χ0n) is 16.9. The maximum Gasteiger partial charge on any atom is 0.158 e. The summed E-state index contributed by atoms with van der Waals surface area (Å²) in [7, 11) is 1.68. The van der Waals surface area contributed by atoms with E-state index in [9.17, 15) is 0 Å². The van der Waals surface area contributed by atoms with Crippen LogP contribution in [0.4, 0.5) is 5.82 Å². The van der Waals surface area contributed by atoms with E-state index in [4.69, 9.17) is 14.8 Å². The first-order valence-electron chi connectivity index (χ1n) is 9.72. The number of hydrogen-bond acceptors (Lipinski definition) is 4. The van der Waals surface area contributed by atoms with Crippen LogP contribution in [0.3, 0.4) is 0 Å². The normalized spacial score (nSPS) is 20.3. The predicted octanol–water partition coefficient (Wildman–Crippen LogP) is 4.50. The maximum atomic E-state index is 5.27. The fourth-order valence-corrected chi connectivity index (χ4v) is 4.29. The average molecular weight is 364 g/mol. The summed E-state index contributed by atoms with van der Waals surface area (Å²) in [6.45, 7) is 11.1. The van der Waals surface area contributed by atoms with E-state index in [1.807, 2.05) is 28.8 Å². The van der Waals surface area contributed by atoms with Crippen LogP contribution in [0.25, 0.3) is 16.9 Å². The number of hydrogen-bond donors (Lipinski definition) is 0. The van der Waals surface area contributed by atoms with E-state index >= 15 is 0 Å². The molecule has 0 saturated carbocycles. The maximum absolute atomic E-state index is 5.27. The van der Waals surface area contributed by atoms with Gasteiger partial charge in [-0.3, -0.25) is 0 Å². The van der Waals surface area contributed by atoms with Crippen LogP contribution in [0.1, 0.15) is 31.5 Å². The van der Waals surface area contributed by atoms with Crippen molar-refractivity contribution in [3.8, 4) is 17.0 Å². The highest BCUT2D eigenvalue weighted by atomic mass is 16.5. The van der Waals surface area contributed by atoms with E-state index in [0.717, 1.165) is 41.4 Å². The first kappa shape index (κ1) is 17.8. The number of benzene rings is 1. The molecule has 0 N–H and O–H groups in total. The molecule has 3 heterocycles.